The van der Waals surface area contributed by atoms with Crippen molar-refractivity contribution in [2.75, 3.05) is 31.2 Å². The molecule has 0 saturated carbocycles. The van der Waals surface area contributed by atoms with Crippen molar-refractivity contribution in [3.8, 4) is 0 Å². The van der Waals surface area contributed by atoms with Crippen LogP contribution in [0.15, 0.2) is 114 Å². The van der Waals surface area contributed by atoms with Gasteiger partial charge in [0.05, 0.1) is 6.61 Å². The van der Waals surface area contributed by atoms with Crippen molar-refractivity contribution >= 4 is 126 Å². The summed E-state index contributed by atoms with van der Waals surface area (Å²) in [4.78, 5) is 162. The van der Waals surface area contributed by atoms with E-state index in [-0.39, 0.29) is 81.4 Å². The Morgan fingerprint density at radius 2 is 1.20 bits per heavy atom. The number of benzene rings is 5. The summed E-state index contributed by atoms with van der Waals surface area (Å²) >= 11 is 6.25. The molecule has 26 nitrogen and oxygen atoms in total. The number of aliphatic carboxylic acids is 1. The number of likely N-dealkylation sites (tertiary alicyclic amines) is 1. The second-order valence-electron chi connectivity index (χ2n) is 23.9. The number of carbonyl (C=O) groups excluding carboxylic acids is 10. The van der Waals surface area contributed by atoms with Crippen LogP contribution in [0.2, 0.25) is 5.02 Å². The molecule has 2 aliphatic rings. The van der Waals surface area contributed by atoms with Crippen molar-refractivity contribution < 1.29 is 63.0 Å². The minimum absolute atomic E-state index is 0.00619. The van der Waals surface area contributed by atoms with Gasteiger partial charge in [0, 0.05) is 55.8 Å². The van der Waals surface area contributed by atoms with E-state index in [0.29, 0.717) is 28.1 Å². The average molecular weight is 1370 g/mol. The highest BCUT2D eigenvalue weighted by Crippen LogP contribution is 2.27. The number of aliphatic hydroxyl groups is 1. The quantitative estimate of drug-likeness (QED) is 0.0203. The monoisotopic (exact) mass is 1360 g/mol. The molecule has 5 aromatic rings. The van der Waals surface area contributed by atoms with Crippen molar-refractivity contribution in [1.29, 1.82) is 0 Å². The molecule has 2 saturated heterocycles. The lowest BCUT2D eigenvalue weighted by Gasteiger charge is -2.31. The molecule has 95 heavy (non-hydrogen) atoms. The van der Waals surface area contributed by atoms with Crippen LogP contribution in [0.3, 0.4) is 0 Å². The highest BCUT2D eigenvalue weighted by atomic mass is 35.5. The number of halogens is 1. The number of guanidine groups is 1. The van der Waals surface area contributed by atoms with Gasteiger partial charge in [-0.15, -0.1) is 0 Å². The standard InChI is InChI=1S/C66H82ClN13O13S2/c1-36(2)27-48-57(84)79-54(64(91)80-26-10-16-55(80)63(90)71-37(3)65(92)93)35-95-94-34-53(78-60(87)50(30-39-19-23-46(67)24-20-39)76-58(85)49(72-38(4)82)31-40-17-21-42-11-5-7-13-44(42)28-40)62(89)77-52(33-81)61(88)73-47(15-9-25-70-66(68)69)56(83)75-51(59(86)74-48)32-41-18-22-43-12-6-8-14-45(43)29-41/h5-8,11-14,17-24,28-29,36-37,47-55,81H,9-10,15-16,25-27,30-35H2,1-4H3,(H,71,90)(H,72,82)(H,73,88)(H,74,86)(H,75,83)(H,76,85)(H,77,89)(H,78,87)(H,79,84)(H,92,93)(H4,68,69,70)/t37-,47+,48+,49-,50-,51-,52+,53-,54+,55+/m1/s1. The highest BCUT2D eigenvalue weighted by Gasteiger charge is 2.41. The Kier molecular flexibility index (Phi) is 27.4. The van der Waals surface area contributed by atoms with Gasteiger partial charge in [0.2, 0.25) is 59.1 Å². The van der Waals surface area contributed by atoms with Crippen molar-refractivity contribution in [2.24, 2.45) is 22.4 Å². The van der Waals surface area contributed by atoms with Gasteiger partial charge in [-0.05, 0) is 95.3 Å². The second kappa shape index (κ2) is 35.5. The summed E-state index contributed by atoms with van der Waals surface area (Å²) < 4.78 is 0. The molecule has 0 bridgehead atoms. The number of aliphatic imine (C=N–C) groups is 1. The Morgan fingerprint density at radius 1 is 0.653 bits per heavy atom. The summed E-state index contributed by atoms with van der Waals surface area (Å²) in [7, 11) is 1.89. The summed E-state index contributed by atoms with van der Waals surface area (Å²) in [6.07, 6.45) is 0.108. The van der Waals surface area contributed by atoms with Gasteiger partial charge in [-0.1, -0.05) is 144 Å². The van der Waals surface area contributed by atoms with Gasteiger partial charge in [0.25, 0.3) is 0 Å². The first kappa shape index (κ1) is 73.4. The van der Waals surface area contributed by atoms with Crippen LogP contribution in [0.1, 0.15) is 76.5 Å². The van der Waals surface area contributed by atoms with Crippen molar-refractivity contribution in [3.63, 3.8) is 0 Å². The Bertz CT molecular complexity index is 3640. The number of nitrogens with two attached hydrogens (primary N) is 2. The van der Waals surface area contributed by atoms with E-state index in [0.717, 1.165) is 43.1 Å². The molecular weight excluding hydrogens is 1280 g/mol. The molecule has 29 heteroatoms. The maximum Gasteiger partial charge on any atom is 0.325 e. The molecule has 0 radical (unpaired) electrons. The molecule has 0 aromatic heterocycles. The number of nitrogens with one attached hydrogen (secondary N) is 9. The first-order valence-corrected chi connectivity index (χ1v) is 34.1. The number of hydrogen-bond donors (Lipinski definition) is 13. The van der Waals surface area contributed by atoms with Crippen LogP contribution in [0.5, 0.6) is 0 Å². The molecule has 2 heterocycles. The Balaban J connectivity index is 1.26. The zero-order valence-corrected chi connectivity index (χ0v) is 55.5. The summed E-state index contributed by atoms with van der Waals surface area (Å²) in [6.45, 7) is 5.09. The van der Waals surface area contributed by atoms with Gasteiger partial charge < -0.3 is 74.4 Å². The number of nitrogens with zero attached hydrogens (tertiary/aromatic N) is 2. The van der Waals surface area contributed by atoms with Gasteiger partial charge in [0.1, 0.15) is 60.4 Å². The minimum Gasteiger partial charge on any atom is -0.480 e. The SMILES string of the molecule is CC(=O)N[C@H](Cc1ccc2ccccc2c1)C(=O)N[C@H](Cc1ccc(Cl)cc1)C(=O)N[C@@H]1CSSC[C@@H](C(=O)N2CCC[C@H]2C(=O)N[C@H](C)C(=O)O)NC(=O)[C@H](CC(C)C)NC(=O)[C@@H](Cc2ccc3ccccc3c2)NC(=O)[C@H](CCCN=C(N)N)NC(=O)[C@H](CO)NC1=O. The maximum absolute atomic E-state index is 15.0. The van der Waals surface area contributed by atoms with E-state index in [9.17, 15) is 63.0 Å². The largest absolute Gasteiger partial charge is 0.480 e. The first-order valence-electron chi connectivity index (χ1n) is 31.2. The van der Waals surface area contributed by atoms with Crippen molar-refractivity contribution in [2.45, 2.75) is 139 Å². The van der Waals surface area contributed by atoms with E-state index in [1.54, 1.807) is 44.2 Å². The number of carboxylic acids is 1. The molecule has 10 amide bonds. The van der Waals surface area contributed by atoms with Gasteiger partial charge in [-0.3, -0.25) is 57.7 Å². The van der Waals surface area contributed by atoms with Crippen LogP contribution in [0, 0.1) is 5.92 Å². The van der Waals surface area contributed by atoms with E-state index < -0.39 is 132 Å². The first-order chi connectivity index (χ1) is 45.3. The number of carbonyl (C=O) groups is 11. The average Bonchev–Trinajstić information content (AvgIpc) is 1.83. The molecule has 5 aromatic carbocycles. The number of hydrogen-bond acceptors (Lipinski definition) is 15. The van der Waals surface area contributed by atoms with E-state index in [1.165, 1.54) is 18.7 Å². The zero-order chi connectivity index (χ0) is 68.9. The Hall–Kier alpha value is -8.99. The number of fused-ring (bicyclic) bond motifs is 2. The van der Waals surface area contributed by atoms with Crippen molar-refractivity contribution in [1.82, 2.24) is 52.8 Å². The maximum atomic E-state index is 15.0. The lowest BCUT2D eigenvalue weighted by molar-refractivity contribution is -0.144. The topological polar surface area (TPSA) is 404 Å². The number of carboxylic acid groups (broad SMARTS) is 1. The predicted octanol–water partition coefficient (Wildman–Crippen LogP) is 1.64. The Morgan fingerprint density at radius 3 is 1.83 bits per heavy atom. The lowest BCUT2D eigenvalue weighted by atomic mass is 9.99. The van der Waals surface area contributed by atoms with Crippen LogP contribution < -0.4 is 59.3 Å². The molecule has 2 aliphatic heterocycles. The molecule has 2 fully saturated rings. The number of rotatable bonds is 22. The van der Waals surface area contributed by atoms with E-state index in [1.807, 2.05) is 78.9 Å². The van der Waals surface area contributed by atoms with Crippen LogP contribution in [0.4, 0.5) is 0 Å². The van der Waals surface area contributed by atoms with E-state index >= 15 is 0 Å². The summed E-state index contributed by atoms with van der Waals surface area (Å²) in [5.41, 5.74) is 13.0. The van der Waals surface area contributed by atoms with Gasteiger partial charge in [0.15, 0.2) is 5.96 Å². The molecule has 0 unspecified atom stereocenters. The fourth-order valence-electron chi connectivity index (χ4n) is 11.0. The fourth-order valence-corrected chi connectivity index (χ4v) is 13.4. The van der Waals surface area contributed by atoms with Gasteiger partial charge >= 0.3 is 5.97 Å². The summed E-state index contributed by atoms with van der Waals surface area (Å²) in [6, 6.07) is 18.1. The van der Waals surface area contributed by atoms with Crippen LogP contribution in [-0.2, 0) is 72.0 Å². The van der Waals surface area contributed by atoms with Crippen LogP contribution >= 0.6 is 33.2 Å². The number of amides is 10. The van der Waals surface area contributed by atoms with Crippen LogP contribution in [0.25, 0.3) is 21.5 Å². The van der Waals surface area contributed by atoms with E-state index in [4.69, 9.17) is 23.1 Å². The molecule has 508 valence electrons. The molecule has 0 spiro atoms. The van der Waals surface area contributed by atoms with Gasteiger partial charge in [-0.2, -0.15) is 0 Å². The summed E-state index contributed by atoms with van der Waals surface area (Å²) in [5.74, 6) is -10.8. The third-order valence-corrected chi connectivity index (χ3v) is 18.6. The van der Waals surface area contributed by atoms with Crippen molar-refractivity contribution in [3.05, 3.63) is 131 Å². The lowest BCUT2D eigenvalue weighted by Crippen LogP contribution is -2.62. The molecule has 15 N–H and O–H groups in total. The minimum atomic E-state index is -1.80. The predicted molar refractivity (Wildman–Crippen MR) is 363 cm³/mol. The number of aliphatic hydroxyl groups excluding tert-OH is 1. The third kappa shape index (κ3) is 22.0. The van der Waals surface area contributed by atoms with E-state index in [2.05, 4.69) is 52.8 Å². The van der Waals surface area contributed by atoms with Crippen LogP contribution in [-0.4, -0.2) is 178 Å². The highest BCUT2D eigenvalue weighted by molar-refractivity contribution is 8.76. The molecule has 10 atom stereocenters. The smallest absolute Gasteiger partial charge is 0.325 e. The summed E-state index contributed by atoms with van der Waals surface area (Å²) in [5, 5.41) is 48.4. The Labute approximate surface area is 562 Å². The van der Waals surface area contributed by atoms with Gasteiger partial charge in [-0.25, -0.2) is 0 Å². The fraction of sp³-hybridized carbons (Fsp3) is 0.424. The second-order valence-corrected chi connectivity index (χ2v) is 26.9. The molecular formula is C66H82ClN13O13S2. The zero-order valence-electron chi connectivity index (χ0n) is 53.1. The normalized spacial score (nSPS) is 21.1. The molecule has 7 rings (SSSR count). The molecule has 0 aliphatic carbocycles. The third-order valence-electron chi connectivity index (χ3n) is 15.9.